The minimum absolute atomic E-state index is 0.855. The summed E-state index contributed by atoms with van der Waals surface area (Å²) in [5.41, 5.74) is 1.58. The number of hydrogen-bond donors (Lipinski definition) is 0. The van der Waals surface area contributed by atoms with E-state index in [2.05, 4.69) is 30.3 Å². The molecule has 0 nitrogen and oxygen atoms in total. The highest BCUT2D eigenvalue weighted by molar-refractivity contribution is 5.21. The SMILES string of the molecule is [c]1ccc(C2CCCC3CCCCC32)cc1. The maximum Gasteiger partial charge on any atom is -0.0131 e. The predicted molar refractivity (Wildman–Crippen MR) is 67.3 cm³/mol. The van der Waals surface area contributed by atoms with Crippen LogP contribution in [-0.4, -0.2) is 0 Å². The minimum atomic E-state index is 0.855. The molecule has 2 aliphatic rings. The Labute approximate surface area is 99.1 Å². The molecular weight excluding hydrogens is 192 g/mol. The molecule has 0 bridgehead atoms. The Kier molecular flexibility index (Phi) is 2.99. The highest BCUT2D eigenvalue weighted by atomic mass is 14.4. The van der Waals surface area contributed by atoms with Crippen LogP contribution in [0.25, 0.3) is 0 Å². The van der Waals surface area contributed by atoms with Crippen LogP contribution in [0.5, 0.6) is 0 Å². The molecule has 3 rings (SSSR count). The largest absolute Gasteiger partial charge is 0.0581 e. The fraction of sp³-hybridized carbons (Fsp3) is 0.625. The smallest absolute Gasteiger partial charge is 0.0131 e. The summed E-state index contributed by atoms with van der Waals surface area (Å²) in [4.78, 5) is 0. The summed E-state index contributed by atoms with van der Waals surface area (Å²) < 4.78 is 0. The summed E-state index contributed by atoms with van der Waals surface area (Å²) in [6.45, 7) is 0. The van der Waals surface area contributed by atoms with Crippen LogP contribution in [0.1, 0.15) is 56.4 Å². The normalized spacial score (nSPS) is 34.4. The van der Waals surface area contributed by atoms with Gasteiger partial charge in [-0.05, 0) is 42.2 Å². The van der Waals surface area contributed by atoms with E-state index in [0.717, 1.165) is 17.8 Å². The molecule has 1 aromatic rings. The summed E-state index contributed by atoms with van der Waals surface area (Å²) in [7, 11) is 0. The molecular formula is C16H21. The van der Waals surface area contributed by atoms with Crippen LogP contribution in [0.2, 0.25) is 0 Å². The lowest BCUT2D eigenvalue weighted by Gasteiger charge is -2.41. The first kappa shape index (κ1) is 10.4. The van der Waals surface area contributed by atoms with Crippen LogP contribution >= 0.6 is 0 Å². The number of fused-ring (bicyclic) bond motifs is 1. The van der Waals surface area contributed by atoms with E-state index in [-0.39, 0.29) is 0 Å². The zero-order valence-electron chi connectivity index (χ0n) is 9.99. The topological polar surface area (TPSA) is 0 Å². The van der Waals surface area contributed by atoms with E-state index in [9.17, 15) is 0 Å². The lowest BCUT2D eigenvalue weighted by atomic mass is 9.64. The van der Waals surface area contributed by atoms with Crippen molar-refractivity contribution < 1.29 is 0 Å². The van der Waals surface area contributed by atoms with Gasteiger partial charge in [0.1, 0.15) is 0 Å². The Morgan fingerprint density at radius 3 is 2.50 bits per heavy atom. The Bertz CT molecular complexity index is 325. The third-order valence-corrected chi connectivity index (χ3v) is 4.75. The van der Waals surface area contributed by atoms with Crippen molar-refractivity contribution in [2.24, 2.45) is 11.8 Å². The fourth-order valence-electron chi connectivity index (χ4n) is 4.00. The molecule has 0 N–H and O–H groups in total. The fourth-order valence-corrected chi connectivity index (χ4v) is 4.00. The molecule has 16 heavy (non-hydrogen) atoms. The molecule has 0 aromatic heterocycles. The average molecular weight is 213 g/mol. The van der Waals surface area contributed by atoms with Crippen LogP contribution in [0, 0.1) is 17.9 Å². The van der Waals surface area contributed by atoms with Crippen molar-refractivity contribution in [3.63, 3.8) is 0 Å². The molecule has 2 saturated carbocycles. The molecule has 1 aromatic carbocycles. The summed E-state index contributed by atoms with van der Waals surface area (Å²) in [5.74, 6) is 2.88. The van der Waals surface area contributed by atoms with Gasteiger partial charge in [0.05, 0.1) is 0 Å². The molecule has 0 spiro atoms. The van der Waals surface area contributed by atoms with E-state index in [1.165, 1.54) is 44.9 Å². The van der Waals surface area contributed by atoms with Gasteiger partial charge < -0.3 is 0 Å². The van der Waals surface area contributed by atoms with Crippen molar-refractivity contribution in [2.45, 2.75) is 50.9 Å². The van der Waals surface area contributed by atoms with Crippen LogP contribution in [0.4, 0.5) is 0 Å². The maximum absolute atomic E-state index is 3.14. The standard InChI is InChI=1S/C16H21/c1-2-7-13(8-3-1)16-12-6-10-14-9-4-5-11-15(14)16/h2-3,7-8,14-16H,4-6,9-12H2. The average Bonchev–Trinajstić information content (AvgIpc) is 2.39. The summed E-state index contributed by atoms with van der Waals surface area (Å²) >= 11 is 0. The van der Waals surface area contributed by atoms with Gasteiger partial charge in [0.2, 0.25) is 0 Å². The highest BCUT2D eigenvalue weighted by Gasteiger charge is 2.35. The Morgan fingerprint density at radius 1 is 0.875 bits per heavy atom. The molecule has 85 valence electrons. The first-order valence-corrected chi connectivity index (χ1v) is 6.91. The van der Waals surface area contributed by atoms with E-state index in [1.807, 2.05) is 0 Å². The van der Waals surface area contributed by atoms with Crippen molar-refractivity contribution in [2.75, 3.05) is 0 Å². The Hall–Kier alpha value is -0.780. The van der Waals surface area contributed by atoms with Crippen molar-refractivity contribution >= 4 is 0 Å². The van der Waals surface area contributed by atoms with Crippen LogP contribution < -0.4 is 0 Å². The van der Waals surface area contributed by atoms with E-state index >= 15 is 0 Å². The van der Waals surface area contributed by atoms with Crippen LogP contribution in [0.15, 0.2) is 24.3 Å². The molecule has 2 fully saturated rings. The molecule has 0 amide bonds. The predicted octanol–water partition coefficient (Wildman–Crippen LogP) is 4.56. The lowest BCUT2D eigenvalue weighted by molar-refractivity contribution is 0.144. The van der Waals surface area contributed by atoms with Gasteiger partial charge in [-0.3, -0.25) is 0 Å². The van der Waals surface area contributed by atoms with Gasteiger partial charge in [0, 0.05) is 0 Å². The zero-order valence-corrected chi connectivity index (χ0v) is 9.99. The molecule has 3 unspecified atom stereocenters. The number of rotatable bonds is 1. The van der Waals surface area contributed by atoms with Crippen molar-refractivity contribution in [1.82, 2.24) is 0 Å². The third-order valence-electron chi connectivity index (χ3n) is 4.75. The Morgan fingerprint density at radius 2 is 1.62 bits per heavy atom. The van der Waals surface area contributed by atoms with Gasteiger partial charge >= 0.3 is 0 Å². The highest BCUT2D eigenvalue weighted by Crippen LogP contribution is 2.47. The molecule has 0 heterocycles. The number of benzene rings is 1. The van der Waals surface area contributed by atoms with Crippen molar-refractivity contribution in [3.05, 3.63) is 35.9 Å². The summed E-state index contributed by atoms with van der Waals surface area (Å²) in [6.07, 6.45) is 10.3. The summed E-state index contributed by atoms with van der Waals surface area (Å²) in [6, 6.07) is 11.9. The maximum atomic E-state index is 3.14. The van der Waals surface area contributed by atoms with Gasteiger partial charge in [-0.25, -0.2) is 0 Å². The van der Waals surface area contributed by atoms with E-state index in [4.69, 9.17) is 0 Å². The molecule has 1 radical (unpaired) electrons. The molecule has 2 aliphatic carbocycles. The third kappa shape index (κ3) is 1.90. The molecule has 0 heteroatoms. The van der Waals surface area contributed by atoms with Crippen molar-refractivity contribution in [3.8, 4) is 0 Å². The van der Waals surface area contributed by atoms with Gasteiger partial charge in [-0.2, -0.15) is 0 Å². The first-order chi connectivity index (χ1) is 7.95. The lowest BCUT2D eigenvalue weighted by Crippen LogP contribution is -2.29. The van der Waals surface area contributed by atoms with Crippen LogP contribution in [0.3, 0.4) is 0 Å². The van der Waals surface area contributed by atoms with E-state index in [1.54, 1.807) is 5.56 Å². The van der Waals surface area contributed by atoms with Gasteiger partial charge in [-0.15, -0.1) is 0 Å². The number of hydrogen-bond acceptors (Lipinski definition) is 0. The van der Waals surface area contributed by atoms with Gasteiger partial charge in [0.25, 0.3) is 0 Å². The monoisotopic (exact) mass is 213 g/mol. The second-order valence-electron chi connectivity index (χ2n) is 5.58. The quantitative estimate of drug-likeness (QED) is 0.641. The second-order valence-corrected chi connectivity index (χ2v) is 5.58. The first-order valence-electron chi connectivity index (χ1n) is 6.91. The van der Waals surface area contributed by atoms with E-state index in [0.29, 0.717) is 0 Å². The Balaban J connectivity index is 1.83. The van der Waals surface area contributed by atoms with Gasteiger partial charge in [0.15, 0.2) is 0 Å². The van der Waals surface area contributed by atoms with Crippen molar-refractivity contribution in [1.29, 1.82) is 0 Å². The molecule has 0 aliphatic heterocycles. The van der Waals surface area contributed by atoms with Gasteiger partial charge in [-0.1, -0.05) is 56.4 Å². The zero-order chi connectivity index (χ0) is 10.8. The van der Waals surface area contributed by atoms with Crippen LogP contribution in [-0.2, 0) is 0 Å². The molecule has 3 atom stereocenters. The minimum Gasteiger partial charge on any atom is -0.0581 e. The summed E-state index contributed by atoms with van der Waals surface area (Å²) in [5, 5.41) is 0. The van der Waals surface area contributed by atoms with E-state index < -0.39 is 0 Å². The molecule has 0 saturated heterocycles. The second kappa shape index (κ2) is 4.61.